The fourth-order valence-electron chi connectivity index (χ4n) is 2.02. The van der Waals surface area contributed by atoms with Crippen molar-refractivity contribution in [2.75, 3.05) is 6.54 Å². The van der Waals surface area contributed by atoms with Gasteiger partial charge in [0.25, 0.3) is 0 Å². The van der Waals surface area contributed by atoms with Crippen molar-refractivity contribution in [2.24, 2.45) is 11.7 Å². The third-order valence-electron chi connectivity index (χ3n) is 3.01. The molecular weight excluding hydrogens is 281 g/mol. The van der Waals surface area contributed by atoms with Gasteiger partial charge in [0, 0.05) is 12.1 Å². The molecule has 20 heavy (non-hydrogen) atoms. The molecule has 0 saturated heterocycles. The number of nitrogens with two attached hydrogens (primary N) is 1. The standard InChI is InChI=1S/C14H17ClFN3O/c1-8(2)5-10(7-17)14-18-13(19-20-14)9-3-4-12(16)11(15)6-9/h3-4,6,8,10H,5,7,17H2,1-2H3. The fourth-order valence-corrected chi connectivity index (χ4v) is 2.20. The smallest absolute Gasteiger partial charge is 0.231 e. The van der Waals surface area contributed by atoms with Crippen LogP contribution in [0, 0.1) is 11.7 Å². The second kappa shape index (κ2) is 6.33. The van der Waals surface area contributed by atoms with Gasteiger partial charge in [0.15, 0.2) is 0 Å². The lowest BCUT2D eigenvalue weighted by atomic mass is 9.97. The molecule has 0 aliphatic carbocycles. The van der Waals surface area contributed by atoms with E-state index < -0.39 is 5.82 Å². The Balaban J connectivity index is 2.25. The summed E-state index contributed by atoms with van der Waals surface area (Å²) in [6.45, 7) is 4.67. The molecule has 6 heteroatoms. The first kappa shape index (κ1) is 14.9. The molecule has 1 unspecified atom stereocenters. The van der Waals surface area contributed by atoms with Gasteiger partial charge in [0.05, 0.1) is 10.9 Å². The minimum Gasteiger partial charge on any atom is -0.339 e. The Hall–Kier alpha value is -1.46. The second-order valence-electron chi connectivity index (χ2n) is 5.15. The second-order valence-corrected chi connectivity index (χ2v) is 5.55. The Morgan fingerprint density at radius 3 is 2.75 bits per heavy atom. The van der Waals surface area contributed by atoms with Crippen molar-refractivity contribution in [1.82, 2.24) is 10.1 Å². The van der Waals surface area contributed by atoms with Crippen LogP contribution in [0.5, 0.6) is 0 Å². The van der Waals surface area contributed by atoms with Crippen LogP contribution >= 0.6 is 11.6 Å². The van der Waals surface area contributed by atoms with Crippen molar-refractivity contribution >= 4 is 11.6 Å². The number of aromatic nitrogens is 2. The normalized spacial score (nSPS) is 12.9. The molecule has 1 atom stereocenters. The molecule has 0 saturated carbocycles. The Kier molecular flexibility index (Phi) is 4.73. The van der Waals surface area contributed by atoms with E-state index in [2.05, 4.69) is 24.0 Å². The Morgan fingerprint density at radius 1 is 1.40 bits per heavy atom. The minimum atomic E-state index is -0.473. The predicted octanol–water partition coefficient (Wildman–Crippen LogP) is 3.62. The van der Waals surface area contributed by atoms with E-state index in [0.29, 0.717) is 29.7 Å². The Morgan fingerprint density at radius 2 is 2.15 bits per heavy atom. The van der Waals surface area contributed by atoms with Gasteiger partial charge in [-0.15, -0.1) is 0 Å². The SMILES string of the molecule is CC(C)CC(CN)c1nc(-c2ccc(F)c(Cl)c2)no1. The van der Waals surface area contributed by atoms with E-state index in [0.717, 1.165) is 6.42 Å². The molecule has 4 nitrogen and oxygen atoms in total. The largest absolute Gasteiger partial charge is 0.339 e. The molecule has 0 fully saturated rings. The molecule has 0 aliphatic rings. The van der Waals surface area contributed by atoms with Crippen molar-refractivity contribution < 1.29 is 8.91 Å². The van der Waals surface area contributed by atoms with Crippen LogP contribution < -0.4 is 5.73 Å². The Bertz CT molecular complexity index is 586. The summed E-state index contributed by atoms with van der Waals surface area (Å²) in [6.07, 6.45) is 0.877. The highest BCUT2D eigenvalue weighted by molar-refractivity contribution is 6.31. The monoisotopic (exact) mass is 297 g/mol. The summed E-state index contributed by atoms with van der Waals surface area (Å²) in [5.74, 6) is 0.950. The van der Waals surface area contributed by atoms with Crippen LogP contribution in [-0.2, 0) is 0 Å². The molecule has 2 rings (SSSR count). The molecule has 108 valence electrons. The number of hydrogen-bond donors (Lipinski definition) is 1. The van der Waals surface area contributed by atoms with Gasteiger partial charge >= 0.3 is 0 Å². The van der Waals surface area contributed by atoms with E-state index in [1.807, 2.05) is 0 Å². The van der Waals surface area contributed by atoms with Crippen molar-refractivity contribution in [3.05, 3.63) is 34.9 Å². The summed E-state index contributed by atoms with van der Waals surface area (Å²) in [7, 11) is 0. The summed E-state index contributed by atoms with van der Waals surface area (Å²) < 4.78 is 18.4. The van der Waals surface area contributed by atoms with Crippen LogP contribution in [-0.4, -0.2) is 16.7 Å². The van der Waals surface area contributed by atoms with Gasteiger partial charge in [-0.2, -0.15) is 4.98 Å². The lowest BCUT2D eigenvalue weighted by Crippen LogP contribution is -2.15. The maximum Gasteiger partial charge on any atom is 0.231 e. The highest BCUT2D eigenvalue weighted by atomic mass is 35.5. The maximum atomic E-state index is 13.1. The van der Waals surface area contributed by atoms with Crippen molar-refractivity contribution in [3.8, 4) is 11.4 Å². The van der Waals surface area contributed by atoms with Crippen LogP contribution in [0.3, 0.4) is 0 Å². The predicted molar refractivity (Wildman–Crippen MR) is 76.0 cm³/mol. The fraction of sp³-hybridized carbons (Fsp3) is 0.429. The van der Waals surface area contributed by atoms with Gasteiger partial charge in [-0.05, 0) is 30.5 Å². The van der Waals surface area contributed by atoms with E-state index in [9.17, 15) is 4.39 Å². The number of hydrogen-bond acceptors (Lipinski definition) is 4. The first-order valence-electron chi connectivity index (χ1n) is 6.50. The first-order valence-corrected chi connectivity index (χ1v) is 6.88. The zero-order valence-corrected chi connectivity index (χ0v) is 12.2. The van der Waals surface area contributed by atoms with Crippen molar-refractivity contribution in [1.29, 1.82) is 0 Å². The molecule has 1 heterocycles. The van der Waals surface area contributed by atoms with Gasteiger partial charge in [-0.1, -0.05) is 30.6 Å². The molecule has 0 amide bonds. The van der Waals surface area contributed by atoms with Gasteiger partial charge in [0.2, 0.25) is 11.7 Å². The molecular formula is C14H17ClFN3O. The zero-order chi connectivity index (χ0) is 14.7. The summed E-state index contributed by atoms with van der Waals surface area (Å²) >= 11 is 5.75. The molecule has 1 aromatic heterocycles. The van der Waals surface area contributed by atoms with Gasteiger partial charge in [-0.25, -0.2) is 4.39 Å². The molecule has 2 N–H and O–H groups in total. The third kappa shape index (κ3) is 3.35. The third-order valence-corrected chi connectivity index (χ3v) is 3.30. The molecule has 2 aromatic rings. The van der Waals surface area contributed by atoms with Crippen LogP contribution in [0.25, 0.3) is 11.4 Å². The molecule has 0 bridgehead atoms. The molecule has 1 aromatic carbocycles. The average Bonchev–Trinajstić information content (AvgIpc) is 2.88. The number of benzene rings is 1. The molecule has 0 spiro atoms. The van der Waals surface area contributed by atoms with Crippen LogP contribution in [0.15, 0.2) is 22.7 Å². The summed E-state index contributed by atoms with van der Waals surface area (Å²) in [5, 5.41) is 3.94. The van der Waals surface area contributed by atoms with E-state index in [4.69, 9.17) is 21.9 Å². The van der Waals surface area contributed by atoms with Crippen LogP contribution in [0.1, 0.15) is 32.1 Å². The molecule has 0 aliphatic heterocycles. The van der Waals surface area contributed by atoms with E-state index in [1.54, 1.807) is 6.07 Å². The van der Waals surface area contributed by atoms with Gasteiger partial charge < -0.3 is 10.3 Å². The van der Waals surface area contributed by atoms with Gasteiger partial charge in [0.1, 0.15) is 5.82 Å². The lowest BCUT2D eigenvalue weighted by molar-refractivity contribution is 0.335. The summed E-state index contributed by atoms with van der Waals surface area (Å²) in [6, 6.07) is 4.32. The van der Waals surface area contributed by atoms with Crippen LogP contribution in [0.4, 0.5) is 4.39 Å². The highest BCUT2D eigenvalue weighted by Crippen LogP contribution is 2.26. The summed E-state index contributed by atoms with van der Waals surface area (Å²) in [4.78, 5) is 4.34. The van der Waals surface area contributed by atoms with Crippen molar-refractivity contribution in [3.63, 3.8) is 0 Å². The average molecular weight is 298 g/mol. The highest BCUT2D eigenvalue weighted by Gasteiger charge is 2.19. The lowest BCUT2D eigenvalue weighted by Gasteiger charge is -2.11. The van der Waals surface area contributed by atoms with E-state index in [-0.39, 0.29) is 10.9 Å². The quantitative estimate of drug-likeness (QED) is 0.915. The number of halogens is 2. The van der Waals surface area contributed by atoms with Crippen LogP contribution in [0.2, 0.25) is 5.02 Å². The number of nitrogens with zero attached hydrogens (tertiary/aromatic N) is 2. The van der Waals surface area contributed by atoms with E-state index in [1.165, 1.54) is 12.1 Å². The van der Waals surface area contributed by atoms with Gasteiger partial charge in [-0.3, -0.25) is 0 Å². The first-order chi connectivity index (χ1) is 9.51. The maximum absolute atomic E-state index is 13.1. The number of rotatable bonds is 5. The van der Waals surface area contributed by atoms with Crippen molar-refractivity contribution in [2.45, 2.75) is 26.2 Å². The zero-order valence-electron chi connectivity index (χ0n) is 11.4. The summed E-state index contributed by atoms with van der Waals surface area (Å²) in [5.41, 5.74) is 6.36. The minimum absolute atomic E-state index is 0.0337. The topological polar surface area (TPSA) is 64.9 Å². The van der Waals surface area contributed by atoms with E-state index >= 15 is 0 Å². The Labute approximate surface area is 122 Å². The molecule has 0 radical (unpaired) electrons.